The van der Waals surface area contributed by atoms with Gasteiger partial charge in [-0.05, 0) is 6.07 Å². The van der Waals surface area contributed by atoms with Gasteiger partial charge in [-0.1, -0.05) is 34.8 Å². The van der Waals surface area contributed by atoms with Crippen LogP contribution >= 0.6 is 34.8 Å². The largest absolute Gasteiger partial charge is 0.338 e. The molecule has 0 spiro atoms. The lowest BCUT2D eigenvalue weighted by Crippen LogP contribution is -2.01. The normalized spacial score (nSPS) is 10.8. The first kappa shape index (κ1) is 11.7. The van der Waals surface area contributed by atoms with Gasteiger partial charge in [-0.25, -0.2) is 9.97 Å². The molecule has 0 N–H and O–H groups in total. The van der Waals surface area contributed by atoms with Crippen LogP contribution < -0.4 is 0 Å². The van der Waals surface area contributed by atoms with Crippen molar-refractivity contribution in [2.45, 2.75) is 6.42 Å². The molecule has 0 radical (unpaired) electrons. The zero-order valence-electron chi connectivity index (χ0n) is 8.41. The van der Waals surface area contributed by atoms with E-state index < -0.39 is 0 Å². The molecule has 0 saturated carbocycles. The molecule has 2 aromatic rings. The molecule has 0 aliphatic rings. The minimum absolute atomic E-state index is 0.260. The molecule has 2 aromatic heterocycles. The molecule has 0 unspecified atom stereocenters. The second kappa shape index (κ2) is 4.62. The third kappa shape index (κ3) is 2.32. The number of halogens is 3. The van der Waals surface area contributed by atoms with E-state index in [0.717, 1.165) is 5.82 Å². The maximum atomic E-state index is 6.03. The summed E-state index contributed by atoms with van der Waals surface area (Å²) in [6.45, 7) is 0. The molecule has 0 aromatic carbocycles. The van der Waals surface area contributed by atoms with Gasteiger partial charge in [0.2, 0.25) is 0 Å². The fraction of sp³-hybridized carbons (Fsp3) is 0.200. The summed E-state index contributed by atoms with van der Waals surface area (Å²) in [5.74, 6) is 0.868. The summed E-state index contributed by atoms with van der Waals surface area (Å²) in [6.07, 6.45) is 4.11. The predicted molar refractivity (Wildman–Crippen MR) is 65.3 cm³/mol. The van der Waals surface area contributed by atoms with Crippen molar-refractivity contribution in [1.82, 2.24) is 14.5 Å². The molecule has 0 aliphatic heterocycles. The number of aromatic nitrogens is 3. The van der Waals surface area contributed by atoms with Crippen molar-refractivity contribution in [3.05, 3.63) is 45.2 Å². The van der Waals surface area contributed by atoms with Crippen LogP contribution in [0.15, 0.2) is 18.5 Å². The Morgan fingerprint density at radius 1 is 1.25 bits per heavy atom. The SMILES string of the molecule is Cn1ccnc1Cc1nc(Cl)c(Cl)cc1Cl. The molecule has 0 aliphatic carbocycles. The fourth-order valence-electron chi connectivity index (χ4n) is 1.32. The van der Waals surface area contributed by atoms with Gasteiger partial charge in [-0.2, -0.15) is 0 Å². The lowest BCUT2D eigenvalue weighted by atomic mass is 10.2. The molecule has 2 heterocycles. The molecule has 0 bridgehead atoms. The number of aryl methyl sites for hydroxylation is 1. The molecular weight excluding hydrogens is 268 g/mol. The molecule has 0 saturated heterocycles. The predicted octanol–water partition coefficient (Wildman–Crippen LogP) is 3.37. The minimum atomic E-state index is 0.260. The van der Waals surface area contributed by atoms with E-state index in [0.29, 0.717) is 22.2 Å². The lowest BCUT2D eigenvalue weighted by molar-refractivity contribution is 0.811. The maximum absolute atomic E-state index is 6.03. The van der Waals surface area contributed by atoms with E-state index in [1.807, 2.05) is 17.8 Å². The minimum Gasteiger partial charge on any atom is -0.338 e. The zero-order chi connectivity index (χ0) is 11.7. The number of pyridine rings is 1. The van der Waals surface area contributed by atoms with E-state index in [-0.39, 0.29) is 5.15 Å². The van der Waals surface area contributed by atoms with Crippen molar-refractivity contribution < 1.29 is 0 Å². The Balaban J connectivity index is 2.35. The van der Waals surface area contributed by atoms with Crippen LogP contribution in [0.3, 0.4) is 0 Å². The van der Waals surface area contributed by atoms with Crippen molar-refractivity contribution in [2.24, 2.45) is 7.05 Å². The Morgan fingerprint density at radius 2 is 2.00 bits per heavy atom. The van der Waals surface area contributed by atoms with Crippen molar-refractivity contribution in [2.75, 3.05) is 0 Å². The fourth-order valence-corrected chi connectivity index (χ4v) is 1.90. The van der Waals surface area contributed by atoms with Crippen LogP contribution in [0, 0.1) is 0 Å². The molecule has 16 heavy (non-hydrogen) atoms. The third-order valence-corrected chi connectivity index (χ3v) is 3.21. The number of rotatable bonds is 2. The van der Waals surface area contributed by atoms with E-state index in [4.69, 9.17) is 34.8 Å². The van der Waals surface area contributed by atoms with Crippen LogP contribution in [0.1, 0.15) is 11.5 Å². The topological polar surface area (TPSA) is 30.7 Å². The van der Waals surface area contributed by atoms with Gasteiger partial charge < -0.3 is 4.57 Å². The molecule has 3 nitrogen and oxygen atoms in total. The summed E-state index contributed by atoms with van der Waals surface area (Å²) in [5.41, 5.74) is 0.672. The van der Waals surface area contributed by atoms with Crippen LogP contribution in [-0.2, 0) is 13.5 Å². The smallest absolute Gasteiger partial charge is 0.148 e. The number of imidazole rings is 1. The molecule has 6 heteroatoms. The van der Waals surface area contributed by atoms with Gasteiger partial charge in [0, 0.05) is 25.9 Å². The van der Waals surface area contributed by atoms with Crippen LogP contribution in [0.5, 0.6) is 0 Å². The highest BCUT2D eigenvalue weighted by molar-refractivity contribution is 6.42. The van der Waals surface area contributed by atoms with Gasteiger partial charge in [0.25, 0.3) is 0 Å². The van der Waals surface area contributed by atoms with Gasteiger partial charge in [-0.3, -0.25) is 0 Å². The van der Waals surface area contributed by atoms with Gasteiger partial charge in [0.05, 0.1) is 15.7 Å². The molecular formula is C10H8Cl3N3. The highest BCUT2D eigenvalue weighted by atomic mass is 35.5. The lowest BCUT2D eigenvalue weighted by Gasteiger charge is -2.05. The average molecular weight is 277 g/mol. The number of hydrogen-bond acceptors (Lipinski definition) is 2. The summed E-state index contributed by atoms with van der Waals surface area (Å²) in [5, 5.41) is 1.11. The standard InChI is InChI=1S/C10H8Cl3N3/c1-16-3-2-14-9(16)5-8-6(11)4-7(12)10(13)15-8/h2-4H,5H2,1H3. The molecule has 0 fully saturated rings. The Labute approximate surface area is 108 Å². The summed E-state index contributed by atoms with van der Waals surface area (Å²) < 4.78 is 1.90. The highest BCUT2D eigenvalue weighted by Crippen LogP contribution is 2.26. The summed E-state index contributed by atoms with van der Waals surface area (Å²) in [4.78, 5) is 8.33. The van der Waals surface area contributed by atoms with Crippen LogP contribution in [0.25, 0.3) is 0 Å². The van der Waals surface area contributed by atoms with Crippen LogP contribution in [0.4, 0.5) is 0 Å². The van der Waals surface area contributed by atoms with E-state index in [2.05, 4.69) is 9.97 Å². The zero-order valence-corrected chi connectivity index (χ0v) is 10.7. The molecule has 0 atom stereocenters. The maximum Gasteiger partial charge on any atom is 0.148 e. The van der Waals surface area contributed by atoms with Crippen molar-refractivity contribution in [3.63, 3.8) is 0 Å². The summed E-state index contributed by atoms with van der Waals surface area (Å²) >= 11 is 17.7. The van der Waals surface area contributed by atoms with Crippen LogP contribution in [-0.4, -0.2) is 14.5 Å². The number of nitrogens with zero attached hydrogens (tertiary/aromatic N) is 3. The monoisotopic (exact) mass is 275 g/mol. The van der Waals surface area contributed by atoms with E-state index in [9.17, 15) is 0 Å². The van der Waals surface area contributed by atoms with E-state index >= 15 is 0 Å². The first-order valence-electron chi connectivity index (χ1n) is 4.54. The molecule has 84 valence electrons. The molecule has 2 rings (SSSR count). The Kier molecular flexibility index (Phi) is 3.38. The Bertz CT molecular complexity index is 522. The van der Waals surface area contributed by atoms with Crippen molar-refractivity contribution >= 4 is 34.8 Å². The first-order chi connectivity index (χ1) is 7.58. The highest BCUT2D eigenvalue weighted by Gasteiger charge is 2.10. The summed E-state index contributed by atoms with van der Waals surface area (Å²) in [6, 6.07) is 1.59. The van der Waals surface area contributed by atoms with Crippen molar-refractivity contribution in [3.8, 4) is 0 Å². The van der Waals surface area contributed by atoms with Crippen molar-refractivity contribution in [1.29, 1.82) is 0 Å². The second-order valence-corrected chi connectivity index (χ2v) is 4.49. The van der Waals surface area contributed by atoms with Gasteiger partial charge in [0.15, 0.2) is 0 Å². The third-order valence-electron chi connectivity index (χ3n) is 2.21. The summed E-state index contributed by atoms with van der Waals surface area (Å²) in [7, 11) is 1.91. The van der Waals surface area contributed by atoms with Gasteiger partial charge in [-0.15, -0.1) is 0 Å². The van der Waals surface area contributed by atoms with Crippen LogP contribution in [0.2, 0.25) is 15.2 Å². The van der Waals surface area contributed by atoms with Gasteiger partial charge >= 0.3 is 0 Å². The number of hydrogen-bond donors (Lipinski definition) is 0. The molecule has 0 amide bonds. The average Bonchev–Trinajstić information content (AvgIpc) is 2.61. The quantitative estimate of drug-likeness (QED) is 0.787. The second-order valence-electron chi connectivity index (χ2n) is 3.32. The Morgan fingerprint density at radius 3 is 2.62 bits per heavy atom. The van der Waals surface area contributed by atoms with E-state index in [1.54, 1.807) is 12.3 Å². The first-order valence-corrected chi connectivity index (χ1v) is 5.68. The Hall–Kier alpha value is -0.770. The van der Waals surface area contributed by atoms with E-state index in [1.165, 1.54) is 0 Å². The van der Waals surface area contributed by atoms with Gasteiger partial charge in [0.1, 0.15) is 11.0 Å².